The predicted octanol–water partition coefficient (Wildman–Crippen LogP) is 1.97. The molecule has 1 aromatic heterocycles. The minimum Gasteiger partial charge on any atom is -0.328 e. The summed E-state index contributed by atoms with van der Waals surface area (Å²) in [5.74, 6) is 0.647. The maximum Gasteiger partial charge on any atom is 0.183 e. The van der Waals surface area contributed by atoms with E-state index in [4.69, 9.17) is 17.3 Å². The smallest absolute Gasteiger partial charge is 0.183 e. The quantitative estimate of drug-likeness (QED) is 0.886. The highest BCUT2D eigenvalue weighted by molar-refractivity contribution is 7.15. The van der Waals surface area contributed by atoms with Crippen molar-refractivity contribution in [1.29, 1.82) is 0 Å². The van der Waals surface area contributed by atoms with Gasteiger partial charge in [-0.3, -0.25) is 4.90 Å². The third-order valence-corrected chi connectivity index (χ3v) is 4.06. The predicted molar refractivity (Wildman–Crippen MR) is 64.2 cm³/mol. The highest BCUT2D eigenvalue weighted by atomic mass is 35.5. The van der Waals surface area contributed by atoms with Crippen LogP contribution in [-0.4, -0.2) is 29.0 Å². The molecule has 5 heteroatoms. The zero-order chi connectivity index (χ0) is 10.8. The van der Waals surface area contributed by atoms with Crippen LogP contribution in [0.15, 0.2) is 6.20 Å². The van der Waals surface area contributed by atoms with E-state index in [1.165, 1.54) is 11.3 Å². The SMILES string of the molecule is CC(N)C1CCN(Cc2cnc(Cl)s2)C1. The first kappa shape index (κ1) is 11.3. The molecule has 1 fully saturated rings. The molecular weight excluding hydrogens is 230 g/mol. The van der Waals surface area contributed by atoms with Gasteiger partial charge in [-0.05, 0) is 25.8 Å². The first-order valence-corrected chi connectivity index (χ1v) is 6.42. The number of nitrogens with two attached hydrogens (primary N) is 1. The van der Waals surface area contributed by atoms with Gasteiger partial charge < -0.3 is 5.73 Å². The van der Waals surface area contributed by atoms with Crippen LogP contribution >= 0.6 is 22.9 Å². The summed E-state index contributed by atoms with van der Waals surface area (Å²) >= 11 is 7.36. The third kappa shape index (κ3) is 2.91. The topological polar surface area (TPSA) is 42.1 Å². The van der Waals surface area contributed by atoms with E-state index in [0.717, 1.165) is 19.6 Å². The highest BCUT2D eigenvalue weighted by Crippen LogP contribution is 2.24. The minimum absolute atomic E-state index is 0.306. The van der Waals surface area contributed by atoms with Crippen molar-refractivity contribution in [3.8, 4) is 0 Å². The van der Waals surface area contributed by atoms with Crippen molar-refractivity contribution >= 4 is 22.9 Å². The summed E-state index contributed by atoms with van der Waals surface area (Å²) < 4.78 is 0.632. The van der Waals surface area contributed by atoms with Crippen LogP contribution in [0.3, 0.4) is 0 Å². The molecule has 0 amide bonds. The number of aromatic nitrogens is 1. The molecule has 15 heavy (non-hydrogen) atoms. The molecule has 0 aliphatic carbocycles. The van der Waals surface area contributed by atoms with E-state index in [0.29, 0.717) is 16.4 Å². The summed E-state index contributed by atoms with van der Waals surface area (Å²) in [7, 11) is 0. The van der Waals surface area contributed by atoms with E-state index in [-0.39, 0.29) is 0 Å². The molecule has 0 spiro atoms. The van der Waals surface area contributed by atoms with Gasteiger partial charge in [-0.15, -0.1) is 11.3 Å². The second kappa shape index (κ2) is 4.78. The molecule has 0 saturated carbocycles. The lowest BCUT2D eigenvalue weighted by molar-refractivity contribution is 0.311. The monoisotopic (exact) mass is 245 g/mol. The Balaban J connectivity index is 1.87. The van der Waals surface area contributed by atoms with Crippen molar-refractivity contribution in [3.63, 3.8) is 0 Å². The van der Waals surface area contributed by atoms with Crippen molar-refractivity contribution < 1.29 is 0 Å². The molecule has 84 valence electrons. The van der Waals surface area contributed by atoms with Crippen molar-refractivity contribution in [2.24, 2.45) is 11.7 Å². The number of hydrogen-bond acceptors (Lipinski definition) is 4. The van der Waals surface area contributed by atoms with Crippen molar-refractivity contribution in [2.75, 3.05) is 13.1 Å². The van der Waals surface area contributed by atoms with E-state index in [2.05, 4.69) is 16.8 Å². The van der Waals surface area contributed by atoms with E-state index >= 15 is 0 Å². The molecule has 2 N–H and O–H groups in total. The van der Waals surface area contributed by atoms with Gasteiger partial charge in [0.25, 0.3) is 0 Å². The first-order chi connectivity index (χ1) is 7.15. The molecule has 2 rings (SSSR count). The largest absolute Gasteiger partial charge is 0.328 e. The van der Waals surface area contributed by atoms with Gasteiger partial charge >= 0.3 is 0 Å². The zero-order valence-electron chi connectivity index (χ0n) is 8.82. The number of halogens is 1. The first-order valence-electron chi connectivity index (χ1n) is 5.23. The Morgan fingerprint density at radius 1 is 1.80 bits per heavy atom. The maximum atomic E-state index is 5.90. The minimum atomic E-state index is 0.306. The van der Waals surface area contributed by atoms with E-state index in [1.807, 2.05) is 6.20 Å². The van der Waals surface area contributed by atoms with Gasteiger partial charge in [0.15, 0.2) is 4.47 Å². The Labute approximate surface area is 99.2 Å². The normalized spacial score (nSPS) is 24.6. The van der Waals surface area contributed by atoms with Gasteiger partial charge in [0.05, 0.1) is 0 Å². The number of thiazole rings is 1. The van der Waals surface area contributed by atoms with Gasteiger partial charge in [-0.1, -0.05) is 11.6 Å². The molecule has 1 aliphatic heterocycles. The summed E-state index contributed by atoms with van der Waals surface area (Å²) in [5, 5.41) is 0. The van der Waals surface area contributed by atoms with E-state index < -0.39 is 0 Å². The summed E-state index contributed by atoms with van der Waals surface area (Å²) in [5.41, 5.74) is 5.90. The standard InChI is InChI=1S/C10H16ClN3S/c1-7(12)8-2-3-14(5-8)6-9-4-13-10(11)15-9/h4,7-8H,2-3,5-6,12H2,1H3. The number of rotatable bonds is 3. The van der Waals surface area contributed by atoms with Gasteiger partial charge in [0, 0.05) is 30.2 Å². The van der Waals surface area contributed by atoms with Crippen LogP contribution in [0.1, 0.15) is 18.2 Å². The summed E-state index contributed by atoms with van der Waals surface area (Å²) in [6.45, 7) is 5.31. The lowest BCUT2D eigenvalue weighted by atomic mass is 10.0. The average molecular weight is 246 g/mol. The van der Waals surface area contributed by atoms with Crippen molar-refractivity contribution in [2.45, 2.75) is 25.9 Å². The molecule has 2 atom stereocenters. The zero-order valence-corrected chi connectivity index (χ0v) is 10.4. The summed E-state index contributed by atoms with van der Waals surface area (Å²) in [6.07, 6.45) is 3.08. The van der Waals surface area contributed by atoms with Gasteiger partial charge in [0.2, 0.25) is 0 Å². The second-order valence-electron chi connectivity index (χ2n) is 4.22. The van der Waals surface area contributed by atoms with Gasteiger partial charge in [0.1, 0.15) is 0 Å². The molecule has 1 aliphatic rings. The fraction of sp³-hybridized carbons (Fsp3) is 0.700. The Morgan fingerprint density at radius 2 is 2.60 bits per heavy atom. The molecule has 2 unspecified atom stereocenters. The Kier molecular flexibility index (Phi) is 3.61. The molecule has 3 nitrogen and oxygen atoms in total. The molecular formula is C10H16ClN3S. The van der Waals surface area contributed by atoms with Crippen LogP contribution < -0.4 is 5.73 Å². The lowest BCUT2D eigenvalue weighted by Crippen LogP contribution is -2.29. The fourth-order valence-electron chi connectivity index (χ4n) is 2.01. The number of likely N-dealkylation sites (tertiary alicyclic amines) is 1. The van der Waals surface area contributed by atoms with Crippen LogP contribution in [0.5, 0.6) is 0 Å². The summed E-state index contributed by atoms with van der Waals surface area (Å²) in [6, 6.07) is 0.306. The van der Waals surface area contributed by atoms with Crippen LogP contribution in [0, 0.1) is 5.92 Å². The van der Waals surface area contributed by atoms with Crippen LogP contribution in [-0.2, 0) is 6.54 Å². The van der Waals surface area contributed by atoms with Crippen molar-refractivity contribution in [1.82, 2.24) is 9.88 Å². The third-order valence-electron chi connectivity index (χ3n) is 2.96. The molecule has 2 heterocycles. The molecule has 0 bridgehead atoms. The molecule has 0 aromatic carbocycles. The highest BCUT2D eigenvalue weighted by Gasteiger charge is 2.25. The molecule has 1 saturated heterocycles. The Morgan fingerprint density at radius 3 is 3.13 bits per heavy atom. The van der Waals surface area contributed by atoms with Gasteiger partial charge in [-0.2, -0.15) is 0 Å². The van der Waals surface area contributed by atoms with Crippen LogP contribution in [0.25, 0.3) is 0 Å². The molecule has 1 aromatic rings. The number of nitrogens with zero attached hydrogens (tertiary/aromatic N) is 2. The van der Waals surface area contributed by atoms with Crippen molar-refractivity contribution in [3.05, 3.63) is 15.5 Å². The summed E-state index contributed by atoms with van der Waals surface area (Å²) in [4.78, 5) is 7.71. The van der Waals surface area contributed by atoms with Crippen LogP contribution in [0.2, 0.25) is 4.47 Å². The van der Waals surface area contributed by atoms with E-state index in [1.54, 1.807) is 11.3 Å². The average Bonchev–Trinajstić information content (AvgIpc) is 2.76. The maximum absolute atomic E-state index is 5.90. The Hall–Kier alpha value is -0.160. The van der Waals surface area contributed by atoms with Gasteiger partial charge in [-0.25, -0.2) is 4.98 Å². The Bertz CT molecular complexity index is 326. The molecule has 0 radical (unpaired) electrons. The van der Waals surface area contributed by atoms with Crippen LogP contribution in [0.4, 0.5) is 0 Å². The number of hydrogen-bond donors (Lipinski definition) is 1. The second-order valence-corrected chi connectivity index (χ2v) is 5.92. The fourth-order valence-corrected chi connectivity index (χ4v) is 3.03. The lowest BCUT2D eigenvalue weighted by Gasteiger charge is -2.16. The van der Waals surface area contributed by atoms with E-state index in [9.17, 15) is 0 Å².